The highest BCUT2D eigenvalue weighted by Gasteiger charge is 2.27. The summed E-state index contributed by atoms with van der Waals surface area (Å²) in [6.45, 7) is 3.78. The third kappa shape index (κ3) is 7.14. The molecule has 3 heterocycles. The van der Waals surface area contributed by atoms with Gasteiger partial charge in [0.1, 0.15) is 12.4 Å². The molecule has 226 valence electrons. The number of carbonyl (C=O) groups excluding carboxylic acids is 1. The molecule has 10 nitrogen and oxygen atoms in total. The third-order valence-corrected chi connectivity index (χ3v) is 9.82. The van der Waals surface area contributed by atoms with Gasteiger partial charge in [0.2, 0.25) is 15.9 Å². The van der Waals surface area contributed by atoms with Gasteiger partial charge in [-0.3, -0.25) is 4.79 Å². The Morgan fingerprint density at radius 2 is 1.69 bits per heavy atom. The van der Waals surface area contributed by atoms with Crippen LogP contribution in [0.3, 0.4) is 0 Å². The summed E-state index contributed by atoms with van der Waals surface area (Å²) < 4.78 is 48.0. The topological polar surface area (TPSA) is 103 Å². The van der Waals surface area contributed by atoms with E-state index in [-0.39, 0.29) is 29.9 Å². The van der Waals surface area contributed by atoms with Crippen LogP contribution in [0, 0.1) is 5.92 Å². The third-order valence-electron chi connectivity index (χ3n) is 7.91. The summed E-state index contributed by atoms with van der Waals surface area (Å²) in [5.74, 6) is 2.03. The molecule has 0 atom stereocenters. The number of rotatable bonds is 4. The van der Waals surface area contributed by atoms with Gasteiger partial charge >= 0.3 is 0 Å². The first-order chi connectivity index (χ1) is 20.5. The van der Waals surface area contributed by atoms with Crippen LogP contribution in [0.2, 0.25) is 0 Å². The second-order valence-electron chi connectivity index (χ2n) is 10.6. The molecule has 0 spiro atoms. The van der Waals surface area contributed by atoms with Crippen LogP contribution in [0.1, 0.15) is 32.1 Å². The van der Waals surface area contributed by atoms with E-state index in [4.69, 9.17) is 14.2 Å². The van der Waals surface area contributed by atoms with E-state index >= 15 is 0 Å². The monoisotopic (exact) mass is 596 g/mol. The average Bonchev–Trinajstić information content (AvgIpc) is 3.49. The standard InChI is InChI=1S/C31H40N4O6S/c1-39-28-11-10-26-24-29(28)41-23-20-35(42(37,38)27-8-3-2-4-9-27)18-6-5-15-34(31(36)25-12-21-40-22-13-25)17-7-16-33-19-14-32-30(26)33/h2-4,8-11,14,19,24-25H,5-7,12-13,15-18,20-23H2,1H3. The molecule has 3 aromatic rings. The molecule has 1 amide bonds. The van der Waals surface area contributed by atoms with Crippen LogP contribution in [0.4, 0.5) is 0 Å². The molecule has 1 aromatic heterocycles. The van der Waals surface area contributed by atoms with Crippen molar-refractivity contribution in [2.24, 2.45) is 5.92 Å². The number of ether oxygens (including phenoxy) is 3. The fraction of sp³-hybridized carbons (Fsp3) is 0.484. The number of nitrogens with zero attached hydrogens (tertiary/aromatic N) is 4. The number of fused-ring (bicyclic) bond motifs is 4. The fourth-order valence-electron chi connectivity index (χ4n) is 5.59. The molecule has 0 saturated carbocycles. The predicted octanol–water partition coefficient (Wildman–Crippen LogP) is 4.07. The first kappa shape index (κ1) is 30.1. The van der Waals surface area contributed by atoms with Crippen molar-refractivity contribution in [3.05, 3.63) is 60.9 Å². The molecule has 0 aliphatic carbocycles. The Morgan fingerprint density at radius 3 is 2.48 bits per heavy atom. The van der Waals surface area contributed by atoms with Crippen LogP contribution in [-0.4, -0.2) is 86.2 Å². The SMILES string of the molecule is COc1ccc2cc1OCCN(S(=O)(=O)c1ccccc1)CCCCN(C(=O)C1CCOCC1)CCCn1ccnc1-2. The molecule has 2 aromatic carbocycles. The van der Waals surface area contributed by atoms with Crippen molar-refractivity contribution in [3.8, 4) is 22.9 Å². The summed E-state index contributed by atoms with van der Waals surface area (Å²) >= 11 is 0. The number of carbonyl (C=O) groups is 1. The lowest BCUT2D eigenvalue weighted by atomic mass is 9.98. The summed E-state index contributed by atoms with van der Waals surface area (Å²) in [5.41, 5.74) is 0.865. The van der Waals surface area contributed by atoms with E-state index in [1.54, 1.807) is 43.6 Å². The Morgan fingerprint density at radius 1 is 0.929 bits per heavy atom. The quantitative estimate of drug-likeness (QED) is 0.447. The van der Waals surface area contributed by atoms with Gasteiger partial charge in [-0.15, -0.1) is 0 Å². The normalized spacial score (nSPS) is 18.5. The zero-order valence-electron chi connectivity index (χ0n) is 24.2. The van der Waals surface area contributed by atoms with E-state index < -0.39 is 10.0 Å². The number of imidazole rings is 1. The Kier molecular flexibility index (Phi) is 10.1. The number of aromatic nitrogens is 2. The first-order valence-electron chi connectivity index (χ1n) is 14.7. The number of aryl methyl sites for hydroxylation is 1. The van der Waals surface area contributed by atoms with Gasteiger partial charge in [0.25, 0.3) is 0 Å². The molecule has 11 heteroatoms. The highest BCUT2D eigenvalue weighted by Crippen LogP contribution is 2.32. The lowest BCUT2D eigenvalue weighted by Crippen LogP contribution is -2.40. The van der Waals surface area contributed by atoms with E-state index in [0.717, 1.165) is 30.7 Å². The van der Waals surface area contributed by atoms with Gasteiger partial charge in [-0.1, -0.05) is 18.2 Å². The molecule has 2 bridgehead atoms. The van der Waals surface area contributed by atoms with Gasteiger partial charge in [0.15, 0.2) is 11.5 Å². The maximum Gasteiger partial charge on any atom is 0.243 e. The average molecular weight is 597 g/mol. The van der Waals surface area contributed by atoms with E-state index in [2.05, 4.69) is 9.55 Å². The maximum atomic E-state index is 13.6. The van der Waals surface area contributed by atoms with Crippen molar-refractivity contribution in [1.82, 2.24) is 18.8 Å². The number of hydrogen-bond donors (Lipinski definition) is 0. The van der Waals surface area contributed by atoms with Crippen LogP contribution < -0.4 is 9.47 Å². The second kappa shape index (κ2) is 14.2. The molecule has 0 radical (unpaired) electrons. The highest BCUT2D eigenvalue weighted by molar-refractivity contribution is 7.89. The van der Waals surface area contributed by atoms with Crippen LogP contribution in [0.15, 0.2) is 65.8 Å². The number of hydrogen-bond acceptors (Lipinski definition) is 7. The minimum atomic E-state index is -3.74. The summed E-state index contributed by atoms with van der Waals surface area (Å²) in [6.07, 6.45) is 7.29. The van der Waals surface area contributed by atoms with Crippen molar-refractivity contribution in [1.29, 1.82) is 0 Å². The lowest BCUT2D eigenvalue weighted by molar-refractivity contribution is -0.138. The maximum absolute atomic E-state index is 13.6. The van der Waals surface area contributed by atoms with Gasteiger partial charge in [-0.2, -0.15) is 4.31 Å². The number of benzene rings is 2. The van der Waals surface area contributed by atoms with E-state index in [9.17, 15) is 13.2 Å². The summed E-state index contributed by atoms with van der Waals surface area (Å²) in [7, 11) is -2.16. The fourth-order valence-corrected chi connectivity index (χ4v) is 7.07. The lowest BCUT2D eigenvalue weighted by Gasteiger charge is -2.30. The molecular formula is C31H40N4O6S. The van der Waals surface area contributed by atoms with Crippen molar-refractivity contribution in [2.45, 2.75) is 43.5 Å². The minimum Gasteiger partial charge on any atom is -0.493 e. The summed E-state index contributed by atoms with van der Waals surface area (Å²) in [6, 6.07) is 14.1. The number of methoxy groups -OCH3 is 1. The zero-order chi connectivity index (χ0) is 29.4. The van der Waals surface area contributed by atoms with Crippen LogP contribution in [0.25, 0.3) is 11.4 Å². The zero-order valence-corrected chi connectivity index (χ0v) is 25.0. The predicted molar refractivity (Wildman–Crippen MR) is 159 cm³/mol. The highest BCUT2D eigenvalue weighted by atomic mass is 32.2. The molecule has 1 fully saturated rings. The smallest absolute Gasteiger partial charge is 0.243 e. The molecule has 2 aliphatic rings. The van der Waals surface area contributed by atoms with Gasteiger partial charge in [0.05, 0.1) is 12.0 Å². The minimum absolute atomic E-state index is 0.0264. The van der Waals surface area contributed by atoms with Gasteiger partial charge in [0, 0.05) is 69.8 Å². The van der Waals surface area contributed by atoms with Crippen LogP contribution in [0.5, 0.6) is 11.5 Å². The van der Waals surface area contributed by atoms with Crippen molar-refractivity contribution < 1.29 is 27.4 Å². The molecule has 2 aliphatic heterocycles. The van der Waals surface area contributed by atoms with Crippen molar-refractivity contribution in [3.63, 3.8) is 0 Å². The molecular weight excluding hydrogens is 556 g/mol. The van der Waals surface area contributed by atoms with Crippen LogP contribution in [-0.2, 0) is 26.1 Å². The first-order valence-corrected chi connectivity index (χ1v) is 16.2. The molecule has 42 heavy (non-hydrogen) atoms. The van der Waals surface area contributed by atoms with E-state index in [1.165, 1.54) is 4.31 Å². The Labute approximate surface area is 248 Å². The van der Waals surface area contributed by atoms with Crippen molar-refractivity contribution in [2.75, 3.05) is 53.1 Å². The Hall–Kier alpha value is -3.41. The molecule has 5 rings (SSSR count). The number of sulfonamides is 1. The molecule has 0 unspecified atom stereocenters. The molecule has 1 saturated heterocycles. The van der Waals surface area contributed by atoms with Crippen molar-refractivity contribution >= 4 is 15.9 Å². The largest absolute Gasteiger partial charge is 0.493 e. The summed E-state index contributed by atoms with van der Waals surface area (Å²) in [5, 5.41) is 0. The van der Waals surface area contributed by atoms with Gasteiger partial charge in [-0.05, 0) is 62.4 Å². The van der Waals surface area contributed by atoms with E-state index in [1.807, 2.05) is 29.3 Å². The van der Waals surface area contributed by atoms with Gasteiger partial charge < -0.3 is 23.7 Å². The van der Waals surface area contributed by atoms with Gasteiger partial charge in [-0.25, -0.2) is 13.4 Å². The second-order valence-corrected chi connectivity index (χ2v) is 12.6. The number of amides is 1. The Balaban J connectivity index is 1.42. The van der Waals surface area contributed by atoms with Crippen LogP contribution >= 0.6 is 0 Å². The Bertz CT molecular complexity index is 1420. The van der Waals surface area contributed by atoms with E-state index in [0.29, 0.717) is 63.7 Å². The summed E-state index contributed by atoms with van der Waals surface area (Å²) in [4.78, 5) is 20.3. The molecule has 0 N–H and O–H groups in total.